The maximum Gasteiger partial charge on any atom is 0.288 e. The number of rotatable bonds is 5. The van der Waals surface area contributed by atoms with Crippen LogP contribution in [0.1, 0.15) is 11.1 Å². The Bertz CT molecular complexity index is 1040. The molecule has 3 N–H and O–H groups in total. The Labute approximate surface area is 181 Å². The molecule has 0 unspecified atom stereocenters. The van der Waals surface area contributed by atoms with Gasteiger partial charge in [-0.15, -0.1) is 0 Å². The fraction of sp³-hybridized carbons (Fsp3) is 0.0476. The third-order valence-electron chi connectivity index (χ3n) is 3.97. The van der Waals surface area contributed by atoms with Crippen LogP contribution >= 0.6 is 39.7 Å². The summed E-state index contributed by atoms with van der Waals surface area (Å²) in [5.74, 6) is -0.000900. The minimum Gasteiger partial charge on any atom is -0.502 e. The van der Waals surface area contributed by atoms with E-state index in [4.69, 9.17) is 23.8 Å². The molecule has 28 heavy (non-hydrogen) atoms. The topological polar surface area (TPSA) is 56.4 Å². The van der Waals surface area contributed by atoms with Gasteiger partial charge in [-0.1, -0.05) is 51.9 Å². The van der Waals surface area contributed by atoms with E-state index in [1.165, 1.54) is 0 Å². The summed E-state index contributed by atoms with van der Waals surface area (Å²) in [4.78, 5) is 0.315. The summed E-state index contributed by atoms with van der Waals surface area (Å²) in [7, 11) is 0. The Hall–Kier alpha value is -2.25. The smallest absolute Gasteiger partial charge is 0.288 e. The van der Waals surface area contributed by atoms with Crippen molar-refractivity contribution < 1.29 is 14.8 Å². The number of halogens is 2. The number of nitrogens with one attached hydrogen (secondary N) is 1. The first-order valence-electron chi connectivity index (χ1n) is 8.36. The lowest BCUT2D eigenvalue weighted by Crippen LogP contribution is -2.39. The van der Waals surface area contributed by atoms with Crippen LogP contribution < -0.4 is 9.88 Å². The highest BCUT2D eigenvalue weighted by Gasteiger charge is 2.25. The van der Waals surface area contributed by atoms with Gasteiger partial charge in [0, 0.05) is 32.4 Å². The first-order chi connectivity index (χ1) is 13.5. The summed E-state index contributed by atoms with van der Waals surface area (Å²) in [6.45, 7) is -0.124. The normalized spacial score (nSPS) is 11.7. The van der Waals surface area contributed by atoms with Gasteiger partial charge in [-0.3, -0.25) is 0 Å². The van der Waals surface area contributed by atoms with Crippen LogP contribution in [0.5, 0.6) is 0 Å². The van der Waals surface area contributed by atoms with Gasteiger partial charge in [-0.25, -0.2) is 0 Å². The number of nitrogens with zero attached hydrogens (tertiary/aromatic N) is 1. The zero-order valence-electron chi connectivity index (χ0n) is 14.6. The number of pyridine rings is 1. The minimum atomic E-state index is -0.124. The number of anilines is 1. The number of aromatic nitrogens is 1. The molecule has 0 aliphatic heterocycles. The van der Waals surface area contributed by atoms with E-state index >= 15 is 0 Å². The highest BCUT2D eigenvalue weighted by atomic mass is 79.9. The van der Waals surface area contributed by atoms with E-state index in [2.05, 4.69) is 21.2 Å². The Kier molecular flexibility index (Phi) is 6.80. The van der Waals surface area contributed by atoms with Crippen molar-refractivity contribution in [2.45, 2.75) is 6.61 Å². The molecular weight excluding hydrogens is 460 g/mol. The summed E-state index contributed by atoms with van der Waals surface area (Å²) >= 11 is 15.0. The van der Waals surface area contributed by atoms with Gasteiger partial charge < -0.3 is 15.5 Å². The number of aliphatic hydroxyl groups excluding tert-OH is 2. The van der Waals surface area contributed by atoms with E-state index in [-0.39, 0.29) is 12.4 Å². The Morgan fingerprint density at radius 1 is 1.07 bits per heavy atom. The Balaban J connectivity index is 2.10. The van der Waals surface area contributed by atoms with Crippen molar-refractivity contribution in [1.82, 2.24) is 0 Å². The van der Waals surface area contributed by atoms with Crippen molar-refractivity contribution in [2.75, 3.05) is 5.32 Å². The summed E-state index contributed by atoms with van der Waals surface area (Å²) in [5, 5.41) is 24.3. The van der Waals surface area contributed by atoms with Crippen molar-refractivity contribution >= 4 is 61.9 Å². The van der Waals surface area contributed by atoms with Crippen LogP contribution in [-0.2, 0) is 6.61 Å². The lowest BCUT2D eigenvalue weighted by Gasteiger charge is -2.11. The highest BCUT2D eigenvalue weighted by molar-refractivity contribution is 9.10. The zero-order chi connectivity index (χ0) is 20.1. The molecule has 1 aromatic heterocycles. The van der Waals surface area contributed by atoms with Crippen molar-refractivity contribution in [2.24, 2.45) is 0 Å². The molecule has 0 amide bonds. The van der Waals surface area contributed by atoms with E-state index in [0.29, 0.717) is 26.8 Å². The molecule has 1 heterocycles. The highest BCUT2D eigenvalue weighted by Crippen LogP contribution is 2.26. The molecule has 142 valence electrons. The van der Waals surface area contributed by atoms with Crippen LogP contribution in [0.15, 0.2) is 77.5 Å². The Morgan fingerprint density at radius 3 is 2.46 bits per heavy atom. The third-order valence-corrected chi connectivity index (χ3v) is 5.21. The maximum atomic E-state index is 11.1. The average molecular weight is 477 g/mol. The first-order valence-corrected chi connectivity index (χ1v) is 9.94. The van der Waals surface area contributed by atoms with Crippen molar-refractivity contribution in [3.05, 3.63) is 93.7 Å². The van der Waals surface area contributed by atoms with Gasteiger partial charge >= 0.3 is 0 Å². The quantitative estimate of drug-likeness (QED) is 0.205. The fourth-order valence-electron chi connectivity index (χ4n) is 2.61. The van der Waals surface area contributed by atoms with E-state index in [1.54, 1.807) is 59.4 Å². The van der Waals surface area contributed by atoms with E-state index in [0.717, 1.165) is 10.2 Å². The number of hydrogen-bond donors (Lipinski definition) is 3. The maximum absolute atomic E-state index is 11.1. The van der Waals surface area contributed by atoms with Crippen LogP contribution in [0, 0.1) is 0 Å². The molecule has 3 rings (SSSR count). The summed E-state index contributed by atoms with van der Waals surface area (Å²) in [6, 6.07) is 18.0. The molecule has 3 aromatic rings. The molecule has 0 aliphatic carbocycles. The van der Waals surface area contributed by atoms with Gasteiger partial charge in [0.05, 0.1) is 6.61 Å². The number of hydrogen-bond acceptors (Lipinski definition) is 3. The summed E-state index contributed by atoms with van der Waals surface area (Å²) < 4.78 is 2.42. The van der Waals surface area contributed by atoms with Gasteiger partial charge in [-0.2, -0.15) is 4.57 Å². The SMILES string of the molecule is OCc1ccc[n+](/C(C(=S)Nc2ccc(Cl)cc2)=C(/O)c2ccccc2Br)c1. The van der Waals surface area contributed by atoms with Gasteiger partial charge in [0.1, 0.15) is 0 Å². The molecule has 7 heteroatoms. The lowest BCUT2D eigenvalue weighted by atomic mass is 10.1. The second-order valence-electron chi connectivity index (χ2n) is 5.92. The van der Waals surface area contributed by atoms with Crippen molar-refractivity contribution in [1.29, 1.82) is 0 Å². The van der Waals surface area contributed by atoms with Crippen LogP contribution in [0.4, 0.5) is 5.69 Å². The largest absolute Gasteiger partial charge is 0.502 e. The van der Waals surface area contributed by atoms with Crippen molar-refractivity contribution in [3.8, 4) is 0 Å². The minimum absolute atomic E-state index is 0.000900. The second-order valence-corrected chi connectivity index (χ2v) is 7.61. The molecule has 0 fully saturated rings. The summed E-state index contributed by atoms with van der Waals surface area (Å²) in [6.07, 6.45) is 3.48. The fourth-order valence-corrected chi connectivity index (χ4v) is 3.53. The monoisotopic (exact) mass is 475 g/mol. The van der Waals surface area contributed by atoms with Gasteiger partial charge in [0.25, 0.3) is 5.70 Å². The standard InChI is InChI=1S/C21H16BrClN2O2S/c22-18-6-2-1-5-17(18)20(27)19(25-11-3-4-14(12-25)13-26)21(28)24-16-9-7-15(23)8-10-16/h1-12,26H,13H2,(H-,24,27,28)/p+1. The van der Waals surface area contributed by atoms with Crippen LogP contribution in [0.2, 0.25) is 5.02 Å². The number of aliphatic hydroxyl groups is 2. The van der Waals surface area contributed by atoms with Crippen LogP contribution in [0.25, 0.3) is 11.5 Å². The predicted molar refractivity (Wildman–Crippen MR) is 120 cm³/mol. The van der Waals surface area contributed by atoms with E-state index < -0.39 is 0 Å². The van der Waals surface area contributed by atoms with Crippen LogP contribution in [0.3, 0.4) is 0 Å². The molecule has 0 saturated heterocycles. The van der Waals surface area contributed by atoms with Crippen molar-refractivity contribution in [3.63, 3.8) is 0 Å². The van der Waals surface area contributed by atoms with Gasteiger partial charge in [-0.05, 0) is 42.5 Å². The average Bonchev–Trinajstić information content (AvgIpc) is 2.70. The molecular formula is C21H17BrClN2O2S+. The van der Waals surface area contributed by atoms with E-state index in [1.807, 2.05) is 18.2 Å². The first kappa shape index (κ1) is 20.5. The molecule has 0 radical (unpaired) electrons. The molecule has 0 bridgehead atoms. The van der Waals surface area contributed by atoms with Gasteiger partial charge in [0.2, 0.25) is 0 Å². The lowest BCUT2D eigenvalue weighted by molar-refractivity contribution is -0.576. The zero-order valence-corrected chi connectivity index (χ0v) is 17.8. The second kappa shape index (κ2) is 9.30. The predicted octanol–water partition coefficient (Wildman–Crippen LogP) is 5.21. The van der Waals surface area contributed by atoms with E-state index in [9.17, 15) is 10.2 Å². The number of thiocarbonyl (C=S) groups is 1. The van der Waals surface area contributed by atoms with Crippen LogP contribution in [-0.4, -0.2) is 15.2 Å². The third kappa shape index (κ3) is 4.77. The Morgan fingerprint density at radius 2 is 1.79 bits per heavy atom. The molecule has 0 aliphatic rings. The molecule has 4 nitrogen and oxygen atoms in total. The molecule has 0 saturated carbocycles. The molecule has 0 spiro atoms. The number of benzene rings is 2. The molecule has 0 atom stereocenters. The van der Waals surface area contributed by atoms with Gasteiger partial charge in [0.15, 0.2) is 23.1 Å². The molecule has 2 aromatic carbocycles. The summed E-state index contributed by atoms with van der Waals surface area (Å²) in [5.41, 5.74) is 2.41.